The number of nitrogens with two attached hydrogens (primary N) is 1. The average Bonchev–Trinajstić information content (AvgIpc) is 2.46. The lowest BCUT2D eigenvalue weighted by Gasteiger charge is -2.31. The smallest absolute Gasteiger partial charge is 0.126 e. The summed E-state index contributed by atoms with van der Waals surface area (Å²) < 4.78 is 11.4. The molecule has 3 nitrogen and oxygen atoms in total. The van der Waals surface area contributed by atoms with Crippen LogP contribution in [0.4, 0.5) is 0 Å². The number of fused-ring (bicyclic) bond motifs is 1. The van der Waals surface area contributed by atoms with E-state index in [9.17, 15) is 0 Å². The van der Waals surface area contributed by atoms with E-state index >= 15 is 0 Å². The molecule has 2 aromatic rings. The van der Waals surface area contributed by atoms with Gasteiger partial charge in [0.25, 0.3) is 0 Å². The zero-order chi connectivity index (χ0) is 15.0. The highest BCUT2D eigenvalue weighted by atomic mass is 16.5. The molecule has 0 fully saturated rings. The van der Waals surface area contributed by atoms with E-state index in [1.165, 1.54) is 16.7 Å². The average molecular weight is 283 g/mol. The standard InChI is InChI=1S/C18H21NO2/c1-11-6-12(2)8-13(7-11)18-10-16(19)15-9-14(20-3)4-5-17(15)21-18/h4-9,16,18H,10,19H2,1-3H3/t16-,18?/m0/s1. The van der Waals surface area contributed by atoms with Crippen LogP contribution in [0.3, 0.4) is 0 Å². The molecule has 1 aliphatic heterocycles. The van der Waals surface area contributed by atoms with Crippen molar-refractivity contribution >= 4 is 0 Å². The fourth-order valence-corrected chi connectivity index (χ4v) is 3.01. The van der Waals surface area contributed by atoms with Crippen LogP contribution in [0.15, 0.2) is 36.4 Å². The molecular weight excluding hydrogens is 262 g/mol. The van der Waals surface area contributed by atoms with Gasteiger partial charge in [-0.05, 0) is 37.6 Å². The minimum atomic E-state index is -0.0327. The quantitative estimate of drug-likeness (QED) is 0.911. The third-order valence-electron chi connectivity index (χ3n) is 3.97. The van der Waals surface area contributed by atoms with Gasteiger partial charge in [0.15, 0.2) is 0 Å². The molecule has 2 aromatic carbocycles. The molecule has 1 heterocycles. The van der Waals surface area contributed by atoms with Gasteiger partial charge in [-0.3, -0.25) is 0 Å². The van der Waals surface area contributed by atoms with Gasteiger partial charge in [0.2, 0.25) is 0 Å². The lowest BCUT2D eigenvalue weighted by Crippen LogP contribution is -2.24. The minimum Gasteiger partial charge on any atom is -0.497 e. The summed E-state index contributed by atoms with van der Waals surface area (Å²) >= 11 is 0. The van der Waals surface area contributed by atoms with E-state index in [4.69, 9.17) is 15.2 Å². The molecule has 2 atom stereocenters. The predicted molar refractivity (Wildman–Crippen MR) is 83.8 cm³/mol. The lowest BCUT2D eigenvalue weighted by molar-refractivity contribution is 0.161. The van der Waals surface area contributed by atoms with Crippen molar-refractivity contribution in [2.24, 2.45) is 5.73 Å². The van der Waals surface area contributed by atoms with Crippen molar-refractivity contribution in [3.8, 4) is 11.5 Å². The molecule has 1 unspecified atom stereocenters. The van der Waals surface area contributed by atoms with Gasteiger partial charge < -0.3 is 15.2 Å². The molecule has 0 spiro atoms. The molecule has 3 rings (SSSR count). The first kappa shape index (κ1) is 14.0. The molecule has 0 aliphatic carbocycles. The molecule has 3 heteroatoms. The van der Waals surface area contributed by atoms with Crippen LogP contribution in [0.1, 0.15) is 40.8 Å². The second-order valence-electron chi connectivity index (χ2n) is 5.77. The highest BCUT2D eigenvalue weighted by Gasteiger charge is 2.27. The number of hydrogen-bond acceptors (Lipinski definition) is 3. The Balaban J connectivity index is 1.94. The van der Waals surface area contributed by atoms with Crippen LogP contribution in [-0.2, 0) is 0 Å². The van der Waals surface area contributed by atoms with Crippen molar-refractivity contribution < 1.29 is 9.47 Å². The van der Waals surface area contributed by atoms with Crippen molar-refractivity contribution in [1.82, 2.24) is 0 Å². The summed E-state index contributed by atoms with van der Waals surface area (Å²) in [6.45, 7) is 4.22. The number of rotatable bonds is 2. The van der Waals surface area contributed by atoms with E-state index in [1.807, 2.05) is 18.2 Å². The van der Waals surface area contributed by atoms with E-state index in [0.717, 1.165) is 23.5 Å². The number of benzene rings is 2. The van der Waals surface area contributed by atoms with Gasteiger partial charge in [-0.1, -0.05) is 29.3 Å². The van der Waals surface area contributed by atoms with Crippen molar-refractivity contribution in [3.63, 3.8) is 0 Å². The fraction of sp³-hybridized carbons (Fsp3) is 0.333. The zero-order valence-electron chi connectivity index (χ0n) is 12.7. The Kier molecular flexibility index (Phi) is 3.60. The Labute approximate surface area is 125 Å². The Bertz CT molecular complexity index is 646. The second-order valence-corrected chi connectivity index (χ2v) is 5.77. The lowest BCUT2D eigenvalue weighted by atomic mass is 9.92. The van der Waals surface area contributed by atoms with Crippen LogP contribution in [0.2, 0.25) is 0 Å². The number of hydrogen-bond donors (Lipinski definition) is 1. The molecule has 110 valence electrons. The van der Waals surface area contributed by atoms with Gasteiger partial charge >= 0.3 is 0 Å². The van der Waals surface area contributed by atoms with Gasteiger partial charge in [-0.25, -0.2) is 0 Å². The van der Waals surface area contributed by atoms with Crippen molar-refractivity contribution in [2.45, 2.75) is 32.4 Å². The van der Waals surface area contributed by atoms with E-state index in [1.54, 1.807) is 7.11 Å². The third-order valence-corrected chi connectivity index (χ3v) is 3.97. The Hall–Kier alpha value is -2.00. The summed E-state index contributed by atoms with van der Waals surface area (Å²) in [4.78, 5) is 0. The Morgan fingerprint density at radius 3 is 2.48 bits per heavy atom. The van der Waals surface area contributed by atoms with Crippen LogP contribution in [0.25, 0.3) is 0 Å². The van der Waals surface area contributed by atoms with Crippen LogP contribution >= 0.6 is 0 Å². The molecule has 0 radical (unpaired) electrons. The first-order valence-electron chi connectivity index (χ1n) is 7.25. The van der Waals surface area contributed by atoms with E-state index in [-0.39, 0.29) is 12.1 Å². The maximum atomic E-state index is 6.34. The summed E-state index contributed by atoms with van der Waals surface area (Å²) in [6, 6.07) is 12.3. The van der Waals surface area contributed by atoms with Crippen molar-refractivity contribution in [1.29, 1.82) is 0 Å². The minimum absolute atomic E-state index is 0.0134. The summed E-state index contributed by atoms with van der Waals surface area (Å²) in [5.41, 5.74) is 11.1. The van der Waals surface area contributed by atoms with Gasteiger partial charge in [-0.15, -0.1) is 0 Å². The first-order valence-corrected chi connectivity index (χ1v) is 7.25. The Morgan fingerprint density at radius 1 is 1.10 bits per heavy atom. The third kappa shape index (κ3) is 2.74. The van der Waals surface area contributed by atoms with Crippen molar-refractivity contribution in [2.75, 3.05) is 7.11 Å². The molecule has 0 amide bonds. The second kappa shape index (κ2) is 5.41. The SMILES string of the molecule is COc1ccc2c(c1)[C@@H](N)CC(c1cc(C)cc(C)c1)O2. The van der Waals surface area contributed by atoms with E-state index in [2.05, 4.69) is 32.0 Å². The molecule has 0 bridgehead atoms. The topological polar surface area (TPSA) is 44.5 Å². The van der Waals surface area contributed by atoms with Gasteiger partial charge in [0.05, 0.1) is 7.11 Å². The maximum absolute atomic E-state index is 6.34. The van der Waals surface area contributed by atoms with Gasteiger partial charge in [-0.2, -0.15) is 0 Å². The zero-order valence-corrected chi connectivity index (χ0v) is 12.7. The molecular formula is C18H21NO2. The summed E-state index contributed by atoms with van der Waals surface area (Å²) in [6.07, 6.45) is 0.794. The van der Waals surface area contributed by atoms with Gasteiger partial charge in [0.1, 0.15) is 17.6 Å². The number of ether oxygens (including phenoxy) is 2. The number of methoxy groups -OCH3 is 1. The summed E-state index contributed by atoms with van der Waals surface area (Å²) in [5.74, 6) is 1.68. The highest BCUT2D eigenvalue weighted by molar-refractivity contribution is 5.44. The van der Waals surface area contributed by atoms with Crippen LogP contribution in [0, 0.1) is 13.8 Å². The molecule has 0 saturated carbocycles. The molecule has 0 saturated heterocycles. The largest absolute Gasteiger partial charge is 0.497 e. The summed E-state index contributed by atoms with van der Waals surface area (Å²) in [7, 11) is 1.66. The number of aryl methyl sites for hydroxylation is 2. The monoisotopic (exact) mass is 283 g/mol. The molecule has 2 N–H and O–H groups in total. The fourth-order valence-electron chi connectivity index (χ4n) is 3.01. The highest BCUT2D eigenvalue weighted by Crippen LogP contribution is 2.41. The van der Waals surface area contributed by atoms with E-state index < -0.39 is 0 Å². The van der Waals surface area contributed by atoms with Gasteiger partial charge in [0, 0.05) is 18.0 Å². The summed E-state index contributed by atoms with van der Waals surface area (Å²) in [5, 5.41) is 0. The molecule has 1 aliphatic rings. The van der Waals surface area contributed by atoms with E-state index in [0.29, 0.717) is 0 Å². The van der Waals surface area contributed by atoms with Crippen molar-refractivity contribution in [3.05, 3.63) is 58.7 Å². The maximum Gasteiger partial charge on any atom is 0.126 e. The van der Waals surface area contributed by atoms with Crippen LogP contribution in [-0.4, -0.2) is 7.11 Å². The van der Waals surface area contributed by atoms with Crippen LogP contribution in [0.5, 0.6) is 11.5 Å². The molecule has 21 heavy (non-hydrogen) atoms. The predicted octanol–water partition coefficient (Wildman–Crippen LogP) is 3.84. The molecule has 0 aromatic heterocycles. The first-order chi connectivity index (χ1) is 10.1. The normalized spacial score (nSPS) is 20.6. The Morgan fingerprint density at radius 2 is 1.81 bits per heavy atom. The van der Waals surface area contributed by atoms with Crippen LogP contribution < -0.4 is 15.2 Å².